The molecule has 3 aromatic rings. The largest absolute Gasteiger partial charge is 0.484 e. The Balaban J connectivity index is 1.55. The summed E-state index contributed by atoms with van der Waals surface area (Å²) in [6.45, 7) is 7.50. The number of hydrogen-bond acceptors (Lipinski definition) is 5. The molecule has 0 aliphatic rings. The zero-order valence-electron chi connectivity index (χ0n) is 17.1. The maximum Gasteiger partial charge on any atom is 0.287 e. The second-order valence-corrected chi connectivity index (χ2v) is 6.95. The van der Waals surface area contributed by atoms with Crippen LogP contribution in [0.15, 0.2) is 24.3 Å². The second kappa shape index (κ2) is 8.17. The molecule has 0 aliphatic heterocycles. The fourth-order valence-corrected chi connectivity index (χ4v) is 3.11. The van der Waals surface area contributed by atoms with Crippen LogP contribution in [0.4, 0.5) is 0 Å². The summed E-state index contributed by atoms with van der Waals surface area (Å²) >= 11 is 0. The van der Waals surface area contributed by atoms with E-state index in [1.807, 2.05) is 52.9 Å². The number of carbonyl (C=O) groups is 2. The van der Waals surface area contributed by atoms with Crippen LogP contribution in [0, 0.1) is 27.7 Å². The summed E-state index contributed by atoms with van der Waals surface area (Å²) in [5.41, 5.74) is 10.2. The Morgan fingerprint density at radius 2 is 1.76 bits per heavy atom. The van der Waals surface area contributed by atoms with Crippen molar-refractivity contribution in [3.8, 4) is 17.0 Å². The monoisotopic (exact) mass is 396 g/mol. The van der Waals surface area contributed by atoms with Crippen LogP contribution in [0.5, 0.6) is 5.75 Å². The lowest BCUT2D eigenvalue weighted by atomic mass is 10.1. The highest BCUT2D eigenvalue weighted by Crippen LogP contribution is 2.25. The summed E-state index contributed by atoms with van der Waals surface area (Å²) in [5.74, 6) is -0.386. The molecule has 0 saturated heterocycles. The number of aromatic amines is 1. The highest BCUT2D eigenvalue weighted by molar-refractivity contribution is 5.94. The van der Waals surface area contributed by atoms with Gasteiger partial charge < -0.3 is 4.74 Å². The van der Waals surface area contributed by atoms with E-state index in [-0.39, 0.29) is 12.3 Å². The highest BCUT2D eigenvalue weighted by atomic mass is 16.5. The molecule has 0 fully saturated rings. The van der Waals surface area contributed by atoms with Crippen LogP contribution in [0.25, 0.3) is 11.3 Å². The number of nitrogens with one attached hydrogen (secondary N) is 3. The number of nitrogens with zero attached hydrogens (tertiary/aromatic N) is 3. The standard InChI is InChI=1S/C20H24N6O3/c1-11-6-12(2)8-15(7-11)29-10-18(27)23-24-20(28)17-9-16(21-22-17)19-13(3)25-26(5)14(19)4/h6-9H,10H2,1-5H3,(H,21,22)(H,23,27)(H,24,28). The van der Waals surface area contributed by atoms with Crippen LogP contribution in [0.3, 0.4) is 0 Å². The number of hydrazine groups is 1. The Bertz CT molecular complexity index is 1050. The van der Waals surface area contributed by atoms with Crippen molar-refractivity contribution >= 4 is 11.8 Å². The molecule has 0 unspecified atom stereocenters. The van der Waals surface area contributed by atoms with Crippen LogP contribution < -0.4 is 15.6 Å². The molecule has 29 heavy (non-hydrogen) atoms. The molecule has 2 heterocycles. The Morgan fingerprint density at radius 1 is 1.07 bits per heavy atom. The van der Waals surface area contributed by atoms with Crippen molar-refractivity contribution in [3.05, 3.63) is 52.5 Å². The van der Waals surface area contributed by atoms with E-state index in [9.17, 15) is 9.59 Å². The number of carbonyl (C=O) groups excluding carboxylic acids is 2. The van der Waals surface area contributed by atoms with Gasteiger partial charge in [0.05, 0.1) is 11.4 Å². The van der Waals surface area contributed by atoms with Crippen LogP contribution >= 0.6 is 0 Å². The molecule has 2 amide bonds. The van der Waals surface area contributed by atoms with E-state index in [1.165, 1.54) is 0 Å². The first-order valence-electron chi connectivity index (χ1n) is 9.11. The molecule has 0 saturated carbocycles. The van der Waals surface area contributed by atoms with Crippen molar-refractivity contribution in [1.82, 2.24) is 30.8 Å². The molecular formula is C20H24N6O3. The lowest BCUT2D eigenvalue weighted by molar-refractivity contribution is -0.123. The van der Waals surface area contributed by atoms with Crippen molar-refractivity contribution < 1.29 is 14.3 Å². The van der Waals surface area contributed by atoms with Crippen LogP contribution in [-0.4, -0.2) is 38.4 Å². The average Bonchev–Trinajstić information content (AvgIpc) is 3.22. The average molecular weight is 396 g/mol. The van der Waals surface area contributed by atoms with Gasteiger partial charge in [0.15, 0.2) is 6.61 Å². The minimum absolute atomic E-state index is 0.217. The van der Waals surface area contributed by atoms with Gasteiger partial charge >= 0.3 is 0 Å². The summed E-state index contributed by atoms with van der Waals surface area (Å²) < 4.78 is 7.22. The van der Waals surface area contributed by atoms with Gasteiger partial charge in [0.2, 0.25) is 0 Å². The van der Waals surface area contributed by atoms with Gasteiger partial charge in [-0.2, -0.15) is 10.2 Å². The van der Waals surface area contributed by atoms with Crippen molar-refractivity contribution in [2.75, 3.05) is 6.61 Å². The van der Waals surface area contributed by atoms with Gasteiger partial charge in [-0.3, -0.25) is 30.2 Å². The third-order valence-corrected chi connectivity index (χ3v) is 4.47. The van der Waals surface area contributed by atoms with Crippen molar-refractivity contribution in [1.29, 1.82) is 0 Å². The SMILES string of the molecule is Cc1cc(C)cc(OCC(=O)NNC(=O)c2cc(-c3c(C)nn(C)c3C)n[nH]2)c1. The molecule has 0 aliphatic carbocycles. The summed E-state index contributed by atoms with van der Waals surface area (Å²) in [7, 11) is 1.85. The first-order valence-corrected chi connectivity index (χ1v) is 9.11. The number of rotatable bonds is 5. The van der Waals surface area contributed by atoms with E-state index in [2.05, 4.69) is 26.1 Å². The molecule has 0 atom stereocenters. The van der Waals surface area contributed by atoms with Gasteiger partial charge in [-0.15, -0.1) is 0 Å². The lowest BCUT2D eigenvalue weighted by Crippen LogP contribution is -2.44. The van der Waals surface area contributed by atoms with Gasteiger partial charge in [0, 0.05) is 18.3 Å². The van der Waals surface area contributed by atoms with Crippen LogP contribution in [-0.2, 0) is 11.8 Å². The summed E-state index contributed by atoms with van der Waals surface area (Å²) in [6, 6.07) is 7.31. The predicted molar refractivity (Wildman–Crippen MR) is 107 cm³/mol. The minimum atomic E-state index is -0.511. The highest BCUT2D eigenvalue weighted by Gasteiger charge is 2.17. The summed E-state index contributed by atoms with van der Waals surface area (Å²) in [5, 5.41) is 11.2. The van der Waals surface area contributed by atoms with Gasteiger partial charge in [0.1, 0.15) is 11.4 Å². The molecule has 9 heteroatoms. The van der Waals surface area contributed by atoms with Crippen molar-refractivity contribution in [2.45, 2.75) is 27.7 Å². The molecule has 2 aromatic heterocycles. The Hall–Kier alpha value is -3.62. The van der Waals surface area contributed by atoms with E-state index in [0.717, 1.165) is 28.1 Å². The molecule has 9 nitrogen and oxygen atoms in total. The normalized spacial score (nSPS) is 10.7. The van der Waals surface area contributed by atoms with Gasteiger partial charge in [-0.05, 0) is 57.0 Å². The molecule has 152 valence electrons. The van der Waals surface area contributed by atoms with E-state index in [4.69, 9.17) is 4.74 Å². The molecule has 3 N–H and O–H groups in total. The maximum atomic E-state index is 12.3. The van der Waals surface area contributed by atoms with E-state index in [1.54, 1.807) is 10.7 Å². The van der Waals surface area contributed by atoms with E-state index in [0.29, 0.717) is 11.4 Å². The minimum Gasteiger partial charge on any atom is -0.484 e. The fraction of sp³-hybridized carbons (Fsp3) is 0.300. The third-order valence-electron chi connectivity index (χ3n) is 4.47. The Kier molecular flexibility index (Phi) is 5.67. The number of benzene rings is 1. The van der Waals surface area contributed by atoms with Crippen molar-refractivity contribution in [2.24, 2.45) is 7.05 Å². The van der Waals surface area contributed by atoms with E-state index >= 15 is 0 Å². The Labute approximate surface area is 168 Å². The molecule has 0 spiro atoms. The predicted octanol–water partition coefficient (Wildman–Crippen LogP) is 1.88. The number of hydrogen-bond donors (Lipinski definition) is 3. The van der Waals surface area contributed by atoms with E-state index < -0.39 is 11.8 Å². The smallest absolute Gasteiger partial charge is 0.287 e. The quantitative estimate of drug-likeness (QED) is 0.570. The lowest BCUT2D eigenvalue weighted by Gasteiger charge is -2.09. The molecule has 0 bridgehead atoms. The van der Waals surface area contributed by atoms with Gasteiger partial charge in [-0.1, -0.05) is 6.07 Å². The fourth-order valence-electron chi connectivity index (χ4n) is 3.11. The summed E-state index contributed by atoms with van der Waals surface area (Å²) in [4.78, 5) is 24.2. The number of aryl methyl sites for hydroxylation is 4. The maximum absolute atomic E-state index is 12.3. The first kappa shape index (κ1) is 20.1. The van der Waals surface area contributed by atoms with Crippen LogP contribution in [0.2, 0.25) is 0 Å². The van der Waals surface area contributed by atoms with Crippen LogP contribution in [0.1, 0.15) is 33.0 Å². The third kappa shape index (κ3) is 4.63. The molecule has 1 aromatic carbocycles. The zero-order chi connectivity index (χ0) is 21.1. The summed E-state index contributed by atoms with van der Waals surface area (Å²) in [6.07, 6.45) is 0. The number of ether oxygens (including phenoxy) is 1. The molecular weight excluding hydrogens is 372 g/mol. The zero-order valence-corrected chi connectivity index (χ0v) is 17.1. The Morgan fingerprint density at radius 3 is 2.38 bits per heavy atom. The number of amides is 2. The number of H-pyrrole nitrogens is 1. The topological polar surface area (TPSA) is 114 Å². The van der Waals surface area contributed by atoms with Gasteiger partial charge in [-0.25, -0.2) is 0 Å². The molecule has 0 radical (unpaired) electrons. The van der Waals surface area contributed by atoms with Gasteiger partial charge in [0.25, 0.3) is 11.8 Å². The second-order valence-electron chi connectivity index (χ2n) is 6.95. The number of aromatic nitrogens is 4. The molecule has 3 rings (SSSR count). The first-order chi connectivity index (χ1) is 13.7. The van der Waals surface area contributed by atoms with Crippen molar-refractivity contribution in [3.63, 3.8) is 0 Å².